The molecule has 4 heteroatoms. The van der Waals surface area contributed by atoms with E-state index in [1.54, 1.807) is 12.2 Å². The zero-order valence-corrected chi connectivity index (χ0v) is 43.4. The van der Waals surface area contributed by atoms with E-state index in [1.165, 1.54) is 64.2 Å². The third-order valence-corrected chi connectivity index (χ3v) is 19.3. The van der Waals surface area contributed by atoms with Gasteiger partial charge in [0.05, 0.1) is 0 Å². The van der Waals surface area contributed by atoms with Crippen LogP contribution in [0.5, 0.6) is 0 Å². The molecular formula is C56H100O4. The zero-order chi connectivity index (χ0) is 46.8. The van der Waals surface area contributed by atoms with Crippen LogP contribution in [0.15, 0.2) is 24.8 Å². The van der Waals surface area contributed by atoms with Crippen molar-refractivity contribution in [1.29, 1.82) is 0 Å². The molecule has 0 aromatic rings. The Morgan fingerprint density at radius 2 is 0.833 bits per heavy atom. The van der Waals surface area contributed by atoms with E-state index in [-0.39, 0.29) is 43.3 Å². The van der Waals surface area contributed by atoms with Gasteiger partial charge in [0, 0.05) is 40.9 Å². The van der Waals surface area contributed by atoms with Crippen LogP contribution < -0.4 is 0 Å². The van der Waals surface area contributed by atoms with Crippen LogP contribution in [0.4, 0.5) is 0 Å². The lowest BCUT2D eigenvalue weighted by Crippen LogP contribution is -2.49. The molecule has 4 fully saturated rings. The van der Waals surface area contributed by atoms with Gasteiger partial charge in [-0.3, -0.25) is 19.2 Å². The second-order valence-electron chi connectivity index (χ2n) is 23.6. The van der Waals surface area contributed by atoms with Gasteiger partial charge < -0.3 is 0 Å². The number of allylic oxidation sites excluding steroid dienone is 3. The fraction of sp³-hybridized carbons (Fsp3) is 0.857. The minimum Gasteiger partial charge on any atom is -0.299 e. The summed E-state index contributed by atoms with van der Waals surface area (Å²) in [4.78, 5) is 49.2. The fourth-order valence-electron chi connectivity index (χ4n) is 12.4. The lowest BCUT2D eigenvalue weighted by atomic mass is 9.52. The second kappa shape index (κ2) is 22.2. The number of carbonyl (C=O) groups excluding carboxylic acids is 4. The first-order chi connectivity index (χ1) is 27.4. The van der Waals surface area contributed by atoms with Crippen molar-refractivity contribution in [2.24, 2.45) is 67.0 Å². The van der Waals surface area contributed by atoms with Gasteiger partial charge in [-0.25, -0.2) is 0 Å². The molecule has 60 heavy (non-hydrogen) atoms. The molecule has 0 saturated heterocycles. The maximum atomic E-state index is 12.5. The summed E-state index contributed by atoms with van der Waals surface area (Å²) in [7, 11) is 0. The van der Waals surface area contributed by atoms with Gasteiger partial charge in [-0.05, 0) is 116 Å². The van der Waals surface area contributed by atoms with Gasteiger partial charge in [-0.15, -0.1) is 6.58 Å². The molecule has 4 rings (SSSR count). The molecule has 0 N–H and O–H groups in total. The largest absolute Gasteiger partial charge is 0.299 e. The van der Waals surface area contributed by atoms with E-state index in [0.29, 0.717) is 59.6 Å². The molecule has 4 nitrogen and oxygen atoms in total. The summed E-state index contributed by atoms with van der Waals surface area (Å²) in [5, 5.41) is 0. The van der Waals surface area contributed by atoms with Crippen molar-refractivity contribution in [3.05, 3.63) is 24.8 Å². The van der Waals surface area contributed by atoms with E-state index >= 15 is 0 Å². The molecule has 0 aromatic heterocycles. The summed E-state index contributed by atoms with van der Waals surface area (Å²) in [6.07, 6.45) is 24.1. The first-order valence-electron chi connectivity index (χ1n) is 24.8. The van der Waals surface area contributed by atoms with Crippen LogP contribution in [0.3, 0.4) is 0 Å². The first-order valence-corrected chi connectivity index (χ1v) is 24.8. The number of Topliss-reactive ketones (excluding diaryl/α,β-unsaturated/α-hetero) is 3. The Bertz CT molecular complexity index is 1460. The summed E-state index contributed by atoms with van der Waals surface area (Å²) in [5.41, 5.74) is 0.0664. The van der Waals surface area contributed by atoms with Crippen LogP contribution in [-0.4, -0.2) is 23.1 Å². The molecule has 0 heterocycles. The molecule has 0 amide bonds. The summed E-state index contributed by atoms with van der Waals surface area (Å²) < 4.78 is 0. The molecule has 348 valence electrons. The highest BCUT2D eigenvalue weighted by Crippen LogP contribution is 2.57. The second-order valence-corrected chi connectivity index (χ2v) is 23.6. The maximum absolute atomic E-state index is 12.5. The van der Waals surface area contributed by atoms with Crippen LogP contribution in [0.25, 0.3) is 0 Å². The first kappa shape index (κ1) is 56.2. The van der Waals surface area contributed by atoms with Gasteiger partial charge in [0.2, 0.25) is 0 Å². The molecule has 0 aliphatic heterocycles. The van der Waals surface area contributed by atoms with Crippen molar-refractivity contribution < 1.29 is 19.2 Å². The highest BCUT2D eigenvalue weighted by atomic mass is 16.1. The van der Waals surface area contributed by atoms with E-state index in [4.69, 9.17) is 0 Å². The van der Waals surface area contributed by atoms with E-state index in [0.717, 1.165) is 32.1 Å². The van der Waals surface area contributed by atoms with Crippen molar-refractivity contribution in [3.8, 4) is 0 Å². The van der Waals surface area contributed by atoms with Crippen molar-refractivity contribution in [3.63, 3.8) is 0 Å². The average Bonchev–Trinajstić information content (AvgIpc) is 3.16. The Labute approximate surface area is 373 Å². The highest BCUT2D eigenvalue weighted by molar-refractivity contribution is 5.95. The molecule has 0 aromatic carbocycles. The van der Waals surface area contributed by atoms with Crippen LogP contribution in [-0.2, 0) is 19.2 Å². The fourth-order valence-corrected chi connectivity index (χ4v) is 12.4. The predicted octanol–water partition coefficient (Wildman–Crippen LogP) is 16.4. The standard InChI is InChI=1S/C15H28O.2C14H24O.C13H24O/c1-6-7-10-13(16)15(5)12(2)9-8-11-14(15,3)4;2*1-6-8-12(15)14(5)11(2)9-7-10-13(14,3)4;1-6-11(14)13(5)10(2)8-7-9-12(13,3)4/h12H,6-11H2,1-5H3;6,8,11H,7,9-10H2,1-5H3;6,11H,1,7-10H2,2-5H3;10H,6-9H2,1-5H3/b;8-6+;;. The highest BCUT2D eigenvalue weighted by Gasteiger charge is 2.54. The molecule has 8 unspecified atom stereocenters. The van der Waals surface area contributed by atoms with Crippen LogP contribution in [0.2, 0.25) is 0 Å². The smallest absolute Gasteiger partial charge is 0.162 e. The molecule has 0 radical (unpaired) electrons. The summed E-state index contributed by atoms with van der Waals surface area (Å²) in [6, 6.07) is 0. The molecule has 8 atom stereocenters. The van der Waals surface area contributed by atoms with Gasteiger partial charge in [-0.1, -0.05) is 169 Å². The Morgan fingerprint density at radius 1 is 0.517 bits per heavy atom. The van der Waals surface area contributed by atoms with E-state index < -0.39 is 0 Å². The zero-order valence-electron chi connectivity index (χ0n) is 43.4. The lowest BCUT2D eigenvalue weighted by Gasteiger charge is -2.51. The molecule has 4 aliphatic carbocycles. The van der Waals surface area contributed by atoms with E-state index in [2.05, 4.69) is 124 Å². The van der Waals surface area contributed by atoms with Crippen molar-refractivity contribution in [1.82, 2.24) is 0 Å². The number of ketones is 4. The Kier molecular flexibility index (Phi) is 20.8. The average molecular weight is 837 g/mol. The van der Waals surface area contributed by atoms with Crippen molar-refractivity contribution >= 4 is 23.1 Å². The summed E-state index contributed by atoms with van der Waals surface area (Å²) in [6.45, 7) is 45.5. The molecular weight excluding hydrogens is 737 g/mol. The summed E-state index contributed by atoms with van der Waals surface area (Å²) in [5.74, 6) is 3.70. The number of carbonyl (C=O) groups is 4. The third-order valence-electron chi connectivity index (χ3n) is 19.3. The lowest BCUT2D eigenvalue weighted by molar-refractivity contribution is -0.143. The van der Waals surface area contributed by atoms with Crippen LogP contribution in [0.1, 0.15) is 241 Å². The normalized spacial score (nSPS) is 35.2. The number of rotatable bonds is 11. The van der Waals surface area contributed by atoms with Crippen molar-refractivity contribution in [2.45, 2.75) is 241 Å². The maximum Gasteiger partial charge on any atom is 0.162 e. The number of hydrogen-bond donors (Lipinski definition) is 0. The quantitative estimate of drug-likeness (QED) is 0.154. The molecule has 4 saturated carbocycles. The summed E-state index contributed by atoms with van der Waals surface area (Å²) >= 11 is 0. The van der Waals surface area contributed by atoms with Gasteiger partial charge >= 0.3 is 0 Å². The molecule has 4 aliphatic rings. The minimum absolute atomic E-state index is 0.0968. The Balaban J connectivity index is 0.000000400. The monoisotopic (exact) mass is 837 g/mol. The van der Waals surface area contributed by atoms with Gasteiger partial charge in [-0.2, -0.15) is 0 Å². The Hall–Kier alpha value is -1.84. The third kappa shape index (κ3) is 11.5. The van der Waals surface area contributed by atoms with E-state index in [9.17, 15) is 19.2 Å². The van der Waals surface area contributed by atoms with E-state index in [1.807, 2.05) is 19.9 Å². The number of unbranched alkanes of at least 4 members (excludes halogenated alkanes) is 1. The van der Waals surface area contributed by atoms with Crippen LogP contribution in [0, 0.1) is 67.0 Å². The van der Waals surface area contributed by atoms with Gasteiger partial charge in [0.15, 0.2) is 5.78 Å². The van der Waals surface area contributed by atoms with Crippen LogP contribution >= 0.6 is 0 Å². The van der Waals surface area contributed by atoms with Gasteiger partial charge in [0.1, 0.15) is 17.3 Å². The SMILES string of the molecule is C/C=C/C(=O)C1(C)C(C)CCCC1(C)C.C=CCC(=O)C1(C)C(C)CCCC1(C)C.CCC(=O)C1(C)C(C)CCCC1(C)C.CCCCC(=O)C1(C)C(C)CCCC1(C)C. The van der Waals surface area contributed by atoms with Crippen molar-refractivity contribution in [2.75, 3.05) is 0 Å². The predicted molar refractivity (Wildman–Crippen MR) is 259 cm³/mol. The molecule has 0 bridgehead atoms. The topological polar surface area (TPSA) is 68.3 Å². The van der Waals surface area contributed by atoms with Gasteiger partial charge in [0.25, 0.3) is 0 Å². The Morgan fingerprint density at radius 3 is 1.12 bits per heavy atom. The minimum atomic E-state index is -0.183. The molecule has 0 spiro atoms. The number of hydrogen-bond acceptors (Lipinski definition) is 4.